The summed E-state index contributed by atoms with van der Waals surface area (Å²) < 4.78 is 5.76. The fourth-order valence-electron chi connectivity index (χ4n) is 3.60. The van der Waals surface area contributed by atoms with E-state index in [0.717, 1.165) is 36.1 Å². The Balaban J connectivity index is 1.37. The minimum Gasteiger partial charge on any atom is -0.457 e. The van der Waals surface area contributed by atoms with Crippen molar-refractivity contribution < 1.29 is 9.21 Å². The monoisotopic (exact) mass is 447 g/mol. The summed E-state index contributed by atoms with van der Waals surface area (Å²) in [6.07, 6.45) is 5.94. The second-order valence-electron chi connectivity index (χ2n) is 7.51. The maximum absolute atomic E-state index is 12.3. The molecule has 2 heterocycles. The third kappa shape index (κ3) is 4.93. The highest BCUT2D eigenvalue weighted by atomic mass is 32.1. The number of anilines is 1. The van der Waals surface area contributed by atoms with Gasteiger partial charge >= 0.3 is 0 Å². The molecule has 156 valence electrons. The molecule has 0 fully saturated rings. The van der Waals surface area contributed by atoms with Gasteiger partial charge in [0.05, 0.1) is 5.56 Å². The summed E-state index contributed by atoms with van der Waals surface area (Å²) in [4.78, 5) is 13.5. The van der Waals surface area contributed by atoms with Crippen LogP contribution in [0.2, 0.25) is 0 Å². The zero-order chi connectivity index (χ0) is 21.8. The number of thiophene rings is 1. The number of hydrogen-bond acceptors (Lipinski definition) is 5. The van der Waals surface area contributed by atoms with Gasteiger partial charge in [0, 0.05) is 16.5 Å². The molecule has 1 atom stereocenters. The smallest absolute Gasteiger partial charge is 0.250 e. The van der Waals surface area contributed by atoms with Crippen molar-refractivity contribution in [2.24, 2.45) is 5.92 Å². The summed E-state index contributed by atoms with van der Waals surface area (Å²) in [6, 6.07) is 15.7. The molecule has 0 unspecified atom stereocenters. The van der Waals surface area contributed by atoms with Crippen LogP contribution in [-0.4, -0.2) is 11.0 Å². The third-order valence-corrected chi connectivity index (χ3v) is 6.55. The molecule has 4 rings (SSSR count). The molecule has 0 spiro atoms. The molecule has 0 saturated carbocycles. The van der Waals surface area contributed by atoms with E-state index in [2.05, 4.69) is 23.6 Å². The lowest BCUT2D eigenvalue weighted by atomic mass is 9.89. The van der Waals surface area contributed by atoms with E-state index in [1.54, 1.807) is 23.5 Å². The topological polar surface area (TPSA) is 78.1 Å². The van der Waals surface area contributed by atoms with Crippen molar-refractivity contribution in [3.63, 3.8) is 0 Å². The van der Waals surface area contributed by atoms with Crippen LogP contribution in [0.25, 0.3) is 17.4 Å². The number of carbonyl (C=O) groups excluding carboxylic acids is 1. The van der Waals surface area contributed by atoms with Gasteiger partial charge in [-0.3, -0.25) is 10.1 Å². The van der Waals surface area contributed by atoms with Gasteiger partial charge in [-0.2, -0.15) is 5.26 Å². The average molecular weight is 448 g/mol. The zero-order valence-corrected chi connectivity index (χ0v) is 18.6. The van der Waals surface area contributed by atoms with Crippen LogP contribution >= 0.6 is 23.6 Å². The largest absolute Gasteiger partial charge is 0.457 e. The van der Waals surface area contributed by atoms with E-state index in [4.69, 9.17) is 16.6 Å². The lowest BCUT2D eigenvalue weighted by Gasteiger charge is -2.17. The molecular formula is C24H21N3O2S2. The first-order valence-corrected chi connectivity index (χ1v) is 11.3. The summed E-state index contributed by atoms with van der Waals surface area (Å²) >= 11 is 6.83. The number of hydrogen-bond donors (Lipinski definition) is 2. The van der Waals surface area contributed by atoms with Crippen molar-refractivity contribution in [2.45, 2.75) is 26.2 Å². The number of furan rings is 1. The Hall–Kier alpha value is -3.21. The van der Waals surface area contributed by atoms with E-state index >= 15 is 0 Å². The predicted octanol–water partition coefficient (Wildman–Crippen LogP) is 5.53. The average Bonchev–Trinajstić information content (AvgIpc) is 3.36. The van der Waals surface area contributed by atoms with Crippen LogP contribution in [0.1, 0.15) is 35.1 Å². The number of fused-ring (bicyclic) bond motifs is 1. The van der Waals surface area contributed by atoms with Gasteiger partial charge in [-0.05, 0) is 61.2 Å². The van der Waals surface area contributed by atoms with Crippen LogP contribution in [0.5, 0.6) is 0 Å². The first-order chi connectivity index (χ1) is 15.0. The Kier molecular flexibility index (Phi) is 6.31. The molecule has 3 aromatic rings. The minimum absolute atomic E-state index is 0.169. The van der Waals surface area contributed by atoms with Gasteiger partial charge in [0.1, 0.15) is 22.6 Å². The van der Waals surface area contributed by atoms with Crippen LogP contribution in [0.4, 0.5) is 5.00 Å². The van der Waals surface area contributed by atoms with Crippen LogP contribution in [0.15, 0.2) is 53.0 Å². The van der Waals surface area contributed by atoms with Crippen LogP contribution in [0.3, 0.4) is 0 Å². The number of amides is 1. The van der Waals surface area contributed by atoms with Crippen LogP contribution < -0.4 is 10.6 Å². The molecule has 2 aromatic heterocycles. The van der Waals surface area contributed by atoms with Gasteiger partial charge in [0.15, 0.2) is 5.11 Å². The number of nitrogens with zero attached hydrogens (tertiary/aromatic N) is 1. The molecule has 7 heteroatoms. The summed E-state index contributed by atoms with van der Waals surface area (Å²) in [5.41, 5.74) is 2.73. The Morgan fingerprint density at radius 1 is 1.29 bits per heavy atom. The molecule has 31 heavy (non-hydrogen) atoms. The number of carbonyl (C=O) groups is 1. The number of rotatable bonds is 4. The number of thiocarbonyl (C=S) groups is 1. The molecule has 2 N–H and O–H groups in total. The number of benzene rings is 1. The highest BCUT2D eigenvalue weighted by molar-refractivity contribution is 7.80. The Labute approximate surface area is 190 Å². The molecule has 0 radical (unpaired) electrons. The van der Waals surface area contributed by atoms with Gasteiger partial charge in [-0.1, -0.05) is 37.3 Å². The van der Waals surface area contributed by atoms with E-state index in [1.807, 2.05) is 36.4 Å². The highest BCUT2D eigenvalue weighted by Crippen LogP contribution is 2.39. The molecule has 0 aliphatic heterocycles. The Morgan fingerprint density at radius 2 is 2.10 bits per heavy atom. The normalized spacial score (nSPS) is 15.3. The Morgan fingerprint density at radius 3 is 2.87 bits per heavy atom. The first-order valence-electron chi connectivity index (χ1n) is 10.0. The molecule has 0 saturated heterocycles. The SMILES string of the molecule is C[C@@H]1CCc2c(sc(NC(=S)NC(=O)/C=C/c3ccc(-c4ccccc4)o3)c2C#N)C1. The quantitative estimate of drug-likeness (QED) is 0.406. The molecule has 1 aliphatic rings. The van der Waals surface area contributed by atoms with E-state index in [0.29, 0.717) is 22.2 Å². The lowest BCUT2D eigenvalue weighted by molar-refractivity contribution is -0.115. The highest BCUT2D eigenvalue weighted by Gasteiger charge is 2.24. The molecule has 0 bridgehead atoms. The van der Waals surface area contributed by atoms with Gasteiger partial charge < -0.3 is 9.73 Å². The number of nitrogens with one attached hydrogen (secondary N) is 2. The van der Waals surface area contributed by atoms with Gasteiger partial charge in [0.2, 0.25) is 5.91 Å². The minimum atomic E-state index is -0.372. The fraction of sp³-hybridized carbons (Fsp3) is 0.208. The molecule has 1 aromatic carbocycles. The second-order valence-corrected chi connectivity index (χ2v) is 9.03. The maximum atomic E-state index is 12.3. The van der Waals surface area contributed by atoms with E-state index < -0.39 is 0 Å². The van der Waals surface area contributed by atoms with E-state index in [-0.39, 0.29) is 11.0 Å². The van der Waals surface area contributed by atoms with Gasteiger partial charge in [0.25, 0.3) is 0 Å². The third-order valence-electron chi connectivity index (χ3n) is 5.17. The first kappa shape index (κ1) is 21.0. The van der Waals surface area contributed by atoms with E-state index in [1.165, 1.54) is 11.0 Å². The lowest BCUT2D eigenvalue weighted by Crippen LogP contribution is -2.32. The van der Waals surface area contributed by atoms with E-state index in [9.17, 15) is 10.1 Å². The van der Waals surface area contributed by atoms with Crippen LogP contribution in [0, 0.1) is 17.2 Å². The van der Waals surface area contributed by atoms with Crippen molar-refractivity contribution in [3.05, 3.63) is 70.3 Å². The van der Waals surface area contributed by atoms with Crippen molar-refractivity contribution in [2.75, 3.05) is 5.32 Å². The number of nitriles is 1. The summed E-state index contributed by atoms with van der Waals surface area (Å²) in [5, 5.41) is 16.1. The summed E-state index contributed by atoms with van der Waals surface area (Å²) in [7, 11) is 0. The molecule has 5 nitrogen and oxygen atoms in total. The predicted molar refractivity (Wildman–Crippen MR) is 128 cm³/mol. The van der Waals surface area contributed by atoms with Crippen molar-refractivity contribution in [1.82, 2.24) is 5.32 Å². The van der Waals surface area contributed by atoms with Crippen molar-refractivity contribution in [3.8, 4) is 17.4 Å². The molecule has 1 amide bonds. The van der Waals surface area contributed by atoms with Gasteiger partial charge in [-0.25, -0.2) is 0 Å². The maximum Gasteiger partial charge on any atom is 0.250 e. The summed E-state index contributed by atoms with van der Waals surface area (Å²) in [5.74, 6) is 1.55. The molecular weight excluding hydrogens is 426 g/mol. The van der Waals surface area contributed by atoms with Crippen LogP contribution in [-0.2, 0) is 17.6 Å². The Bertz CT molecular complexity index is 1190. The second kappa shape index (κ2) is 9.29. The van der Waals surface area contributed by atoms with Crippen molar-refractivity contribution in [1.29, 1.82) is 5.26 Å². The summed E-state index contributed by atoms with van der Waals surface area (Å²) in [6.45, 7) is 2.22. The zero-order valence-electron chi connectivity index (χ0n) is 17.0. The fourth-order valence-corrected chi connectivity index (χ4v) is 5.24. The standard InChI is InChI=1S/C24H21N3O2S2/c1-15-7-10-18-19(14-25)23(31-21(18)13-15)27-24(30)26-22(28)12-9-17-8-11-20(29-17)16-5-3-2-4-6-16/h2-6,8-9,11-12,15H,7,10,13H2,1H3,(H2,26,27,28,30)/b12-9+/t15-/m1/s1. The van der Waals surface area contributed by atoms with Gasteiger partial charge in [-0.15, -0.1) is 11.3 Å². The molecule has 1 aliphatic carbocycles. The van der Waals surface area contributed by atoms with Crippen molar-refractivity contribution >= 4 is 45.7 Å².